The van der Waals surface area contributed by atoms with Crippen LogP contribution in [0.15, 0.2) is 0 Å². The van der Waals surface area contributed by atoms with Crippen molar-refractivity contribution in [3.63, 3.8) is 0 Å². The molecule has 0 aromatic rings. The van der Waals surface area contributed by atoms with Crippen molar-refractivity contribution in [3.8, 4) is 0 Å². The maximum atomic E-state index is 10.2. The zero-order valence-electron chi connectivity index (χ0n) is 5.96. The van der Waals surface area contributed by atoms with Gasteiger partial charge in [-0.05, 0) is 13.8 Å². The van der Waals surface area contributed by atoms with Gasteiger partial charge in [0.15, 0.2) is 0 Å². The molecule has 0 aliphatic heterocycles. The third-order valence-corrected chi connectivity index (χ3v) is 1.31. The summed E-state index contributed by atoms with van der Waals surface area (Å²) in [6, 6.07) is -0.902. The molecule has 4 radical (unpaired) electrons. The Morgan fingerprint density at radius 3 is 2.00 bits per heavy atom. The molecule has 0 heterocycles. The zero-order valence-corrected chi connectivity index (χ0v) is 10.7. The molecule has 0 aliphatic carbocycles. The molecule has 1 atom stereocenters. The summed E-state index contributed by atoms with van der Waals surface area (Å²) >= 11 is 3.98. The Labute approximate surface area is 85.9 Å². The van der Waals surface area contributed by atoms with Gasteiger partial charge in [0.1, 0.15) is 6.04 Å². The van der Waals surface area contributed by atoms with Gasteiger partial charge >= 0.3 is 5.97 Å². The molecule has 5 heteroatoms. The normalized spacial score (nSPS) is 13.6. The van der Waals surface area contributed by atoms with Crippen molar-refractivity contribution in [2.75, 3.05) is 0 Å². The number of carboxylic acids is 1. The van der Waals surface area contributed by atoms with Crippen LogP contribution in [-0.4, -0.2) is 49.2 Å². The Bertz CT molecular complexity index is 123. The minimum atomic E-state index is -1.02. The standard InChI is InChI=1S/C5H11NO2S.Pb/c1-5(2,9)3(6)4(7)8;/h3,9H,6H2,1-2H3,(H,7,8);/t3-;/m0./s1. The van der Waals surface area contributed by atoms with Crippen LogP contribution >= 0.6 is 12.6 Å². The molecule has 0 unspecified atom stereocenters. The molecule has 58 valence electrons. The maximum absolute atomic E-state index is 10.2. The second-order valence-electron chi connectivity index (χ2n) is 2.47. The number of nitrogens with two attached hydrogens (primary N) is 1. The van der Waals surface area contributed by atoms with Crippen molar-refractivity contribution in [1.29, 1.82) is 0 Å². The largest absolute Gasteiger partial charge is 0.480 e. The smallest absolute Gasteiger partial charge is 0.321 e. The van der Waals surface area contributed by atoms with Gasteiger partial charge < -0.3 is 10.8 Å². The zero-order chi connectivity index (χ0) is 7.65. The molecule has 0 bridgehead atoms. The van der Waals surface area contributed by atoms with Crippen LogP contribution in [0.2, 0.25) is 0 Å². The number of carboxylic acid groups (broad SMARTS) is 1. The average molecular weight is 356 g/mol. The minimum Gasteiger partial charge on any atom is -0.480 e. The fourth-order valence-electron chi connectivity index (χ4n) is 0.302. The fraction of sp³-hybridized carbons (Fsp3) is 0.800. The molecular weight excluding hydrogens is 345 g/mol. The Balaban J connectivity index is 0. The van der Waals surface area contributed by atoms with Gasteiger partial charge in [-0.15, -0.1) is 0 Å². The first kappa shape index (κ1) is 13.3. The van der Waals surface area contributed by atoms with Crippen molar-refractivity contribution >= 4 is 45.9 Å². The van der Waals surface area contributed by atoms with Gasteiger partial charge in [-0.3, -0.25) is 4.79 Å². The quantitative estimate of drug-likeness (QED) is 0.471. The van der Waals surface area contributed by atoms with Gasteiger partial charge in [-0.25, -0.2) is 0 Å². The van der Waals surface area contributed by atoms with E-state index in [0.29, 0.717) is 0 Å². The molecule has 0 aromatic carbocycles. The molecule has 10 heavy (non-hydrogen) atoms. The number of carbonyl (C=O) groups is 1. The molecule has 0 amide bonds. The molecular formula is C5H11NO2PbS. The summed E-state index contributed by atoms with van der Waals surface area (Å²) in [7, 11) is 0. The van der Waals surface area contributed by atoms with Gasteiger partial charge in [-0.1, -0.05) is 0 Å². The summed E-state index contributed by atoms with van der Waals surface area (Å²) in [6.07, 6.45) is 0. The number of hydrogen-bond donors (Lipinski definition) is 3. The SMILES string of the molecule is CC(C)(S)[C@@H](N)C(=O)O.[Pb]. The predicted octanol–water partition coefficient (Wildman–Crippen LogP) is -0.274. The van der Waals surface area contributed by atoms with Gasteiger partial charge in [0.25, 0.3) is 0 Å². The number of aliphatic carboxylic acids is 1. The van der Waals surface area contributed by atoms with Gasteiger partial charge in [0, 0.05) is 32.0 Å². The molecule has 0 saturated heterocycles. The Morgan fingerprint density at radius 2 is 2.00 bits per heavy atom. The Kier molecular flexibility index (Phi) is 6.06. The first-order chi connectivity index (χ1) is 3.85. The third-order valence-electron chi connectivity index (χ3n) is 1.03. The first-order valence-electron chi connectivity index (χ1n) is 2.56. The van der Waals surface area contributed by atoms with E-state index in [4.69, 9.17) is 10.8 Å². The van der Waals surface area contributed by atoms with E-state index in [1.807, 2.05) is 0 Å². The summed E-state index contributed by atoms with van der Waals surface area (Å²) in [5.74, 6) is -1.02. The van der Waals surface area contributed by atoms with E-state index in [1.165, 1.54) is 0 Å². The summed E-state index contributed by atoms with van der Waals surface area (Å²) < 4.78 is -0.647. The molecule has 3 nitrogen and oxygen atoms in total. The van der Waals surface area contributed by atoms with Crippen LogP contribution < -0.4 is 5.73 Å². The minimum absolute atomic E-state index is 0. The maximum Gasteiger partial charge on any atom is 0.321 e. The van der Waals surface area contributed by atoms with Crippen LogP contribution in [0.5, 0.6) is 0 Å². The average Bonchev–Trinajstić information content (AvgIpc) is 1.62. The van der Waals surface area contributed by atoms with Crippen LogP contribution in [-0.2, 0) is 4.79 Å². The van der Waals surface area contributed by atoms with Crippen molar-refractivity contribution < 1.29 is 9.90 Å². The topological polar surface area (TPSA) is 63.3 Å². The third kappa shape index (κ3) is 4.51. The summed E-state index contributed by atoms with van der Waals surface area (Å²) in [5, 5.41) is 8.34. The number of thiol groups is 1. The van der Waals surface area contributed by atoms with E-state index >= 15 is 0 Å². The van der Waals surface area contributed by atoms with Crippen molar-refractivity contribution in [3.05, 3.63) is 0 Å². The molecule has 0 aliphatic rings. The van der Waals surface area contributed by atoms with Crippen LogP contribution in [0.3, 0.4) is 0 Å². The Morgan fingerprint density at radius 1 is 1.70 bits per heavy atom. The van der Waals surface area contributed by atoms with E-state index in [0.717, 1.165) is 0 Å². The van der Waals surface area contributed by atoms with E-state index < -0.39 is 16.8 Å². The molecule has 3 N–H and O–H groups in total. The van der Waals surface area contributed by atoms with Gasteiger partial charge in [0.05, 0.1) is 0 Å². The molecule has 0 saturated carbocycles. The van der Waals surface area contributed by atoms with Crippen LogP contribution in [0.25, 0.3) is 0 Å². The van der Waals surface area contributed by atoms with Crippen LogP contribution in [0, 0.1) is 0 Å². The van der Waals surface area contributed by atoms with Gasteiger partial charge in [-0.2, -0.15) is 12.6 Å². The second-order valence-corrected chi connectivity index (χ2v) is 3.62. The Hall–Kier alpha value is 0.702. The summed E-state index contributed by atoms with van der Waals surface area (Å²) in [5.41, 5.74) is 5.22. The predicted molar refractivity (Wildman–Crippen MR) is 44.4 cm³/mol. The van der Waals surface area contributed by atoms with Crippen molar-refractivity contribution in [1.82, 2.24) is 0 Å². The van der Waals surface area contributed by atoms with E-state index in [9.17, 15) is 4.79 Å². The number of hydrogen-bond acceptors (Lipinski definition) is 3. The van der Waals surface area contributed by atoms with E-state index in [1.54, 1.807) is 13.8 Å². The van der Waals surface area contributed by atoms with Crippen LogP contribution in [0.4, 0.5) is 0 Å². The van der Waals surface area contributed by atoms with Crippen LogP contribution in [0.1, 0.15) is 13.8 Å². The van der Waals surface area contributed by atoms with Gasteiger partial charge in [0.2, 0.25) is 0 Å². The molecule has 0 rings (SSSR count). The van der Waals surface area contributed by atoms with E-state index in [-0.39, 0.29) is 27.3 Å². The summed E-state index contributed by atoms with van der Waals surface area (Å²) in [6.45, 7) is 3.32. The molecule has 0 fully saturated rings. The van der Waals surface area contributed by atoms with Crippen molar-refractivity contribution in [2.45, 2.75) is 24.6 Å². The van der Waals surface area contributed by atoms with Crippen molar-refractivity contribution in [2.24, 2.45) is 5.73 Å². The molecule has 0 spiro atoms. The van der Waals surface area contributed by atoms with E-state index in [2.05, 4.69) is 12.6 Å². The fourth-order valence-corrected chi connectivity index (χ4v) is 0.413. The first-order valence-corrected chi connectivity index (χ1v) is 3.01. The summed E-state index contributed by atoms with van der Waals surface area (Å²) in [4.78, 5) is 10.2. The second kappa shape index (κ2) is 4.55. The number of rotatable bonds is 2. The molecule has 0 aromatic heterocycles. The monoisotopic (exact) mass is 357 g/mol.